The Labute approximate surface area is 115 Å². The van der Waals surface area contributed by atoms with Crippen molar-refractivity contribution in [2.75, 3.05) is 0 Å². The van der Waals surface area contributed by atoms with E-state index in [0.29, 0.717) is 11.4 Å². The molecule has 2 rings (SSSR count). The van der Waals surface area contributed by atoms with Gasteiger partial charge in [0, 0.05) is 5.56 Å². The van der Waals surface area contributed by atoms with Gasteiger partial charge in [-0.3, -0.25) is 4.79 Å². The second kappa shape index (κ2) is 5.36. The number of carbonyl (C=O) groups is 1. The standard InChI is InChI=1S/C13H15FN4O2/c1-7-4-10(6-11(14)5-7)12-15-16-17-18(12)9(3)8(2)13(19)20/h4-6,8-9H,1-3H3,(H,19,20). The van der Waals surface area contributed by atoms with Crippen LogP contribution in [-0.2, 0) is 4.79 Å². The van der Waals surface area contributed by atoms with Gasteiger partial charge >= 0.3 is 5.97 Å². The van der Waals surface area contributed by atoms with Crippen molar-refractivity contribution >= 4 is 5.97 Å². The van der Waals surface area contributed by atoms with Crippen molar-refractivity contribution in [3.63, 3.8) is 0 Å². The number of aliphatic carboxylic acids is 1. The number of aromatic nitrogens is 4. The van der Waals surface area contributed by atoms with Crippen LogP contribution in [-0.4, -0.2) is 31.3 Å². The maximum atomic E-state index is 13.5. The van der Waals surface area contributed by atoms with Crippen LogP contribution in [0.2, 0.25) is 0 Å². The van der Waals surface area contributed by atoms with Crippen molar-refractivity contribution in [1.29, 1.82) is 0 Å². The first-order chi connectivity index (χ1) is 9.40. The average molecular weight is 278 g/mol. The molecule has 2 aromatic rings. The van der Waals surface area contributed by atoms with Gasteiger partial charge in [0.05, 0.1) is 12.0 Å². The summed E-state index contributed by atoms with van der Waals surface area (Å²) in [6.45, 7) is 5.06. The molecule has 1 N–H and O–H groups in total. The number of rotatable bonds is 4. The van der Waals surface area contributed by atoms with Gasteiger partial charge in [0.25, 0.3) is 0 Å². The van der Waals surface area contributed by atoms with Crippen LogP contribution < -0.4 is 0 Å². The van der Waals surface area contributed by atoms with Crippen LogP contribution in [0.5, 0.6) is 0 Å². The fraction of sp³-hybridized carbons (Fsp3) is 0.385. The van der Waals surface area contributed by atoms with Gasteiger partial charge in [-0.2, -0.15) is 0 Å². The summed E-state index contributed by atoms with van der Waals surface area (Å²) in [5.74, 6) is -1.62. The zero-order chi connectivity index (χ0) is 14.9. The zero-order valence-corrected chi connectivity index (χ0v) is 11.4. The average Bonchev–Trinajstić information content (AvgIpc) is 2.84. The summed E-state index contributed by atoms with van der Waals surface area (Å²) in [6.07, 6.45) is 0. The lowest BCUT2D eigenvalue weighted by Gasteiger charge is -2.17. The molecule has 0 aliphatic rings. The summed E-state index contributed by atoms with van der Waals surface area (Å²) >= 11 is 0. The summed E-state index contributed by atoms with van der Waals surface area (Å²) in [7, 11) is 0. The van der Waals surface area contributed by atoms with Crippen molar-refractivity contribution in [2.45, 2.75) is 26.8 Å². The lowest BCUT2D eigenvalue weighted by Crippen LogP contribution is -2.23. The second-order valence-corrected chi connectivity index (χ2v) is 4.83. The molecule has 2 atom stereocenters. The van der Waals surface area contributed by atoms with E-state index in [2.05, 4.69) is 15.5 Å². The monoisotopic (exact) mass is 278 g/mol. The molecule has 7 heteroatoms. The van der Waals surface area contributed by atoms with Gasteiger partial charge in [-0.1, -0.05) is 0 Å². The fourth-order valence-electron chi connectivity index (χ4n) is 1.94. The van der Waals surface area contributed by atoms with Crippen molar-refractivity contribution in [3.8, 4) is 11.4 Å². The Hall–Kier alpha value is -2.31. The molecule has 1 aromatic heterocycles. The van der Waals surface area contributed by atoms with E-state index in [9.17, 15) is 9.18 Å². The van der Waals surface area contributed by atoms with Crippen LogP contribution in [0, 0.1) is 18.7 Å². The molecular formula is C13H15FN4O2. The molecule has 2 unspecified atom stereocenters. The van der Waals surface area contributed by atoms with E-state index in [4.69, 9.17) is 5.11 Å². The lowest BCUT2D eigenvalue weighted by atomic mass is 10.0. The number of carboxylic acids is 1. The fourth-order valence-corrected chi connectivity index (χ4v) is 1.94. The summed E-state index contributed by atoms with van der Waals surface area (Å²) in [4.78, 5) is 11.1. The summed E-state index contributed by atoms with van der Waals surface area (Å²) in [5.41, 5.74) is 1.27. The maximum Gasteiger partial charge on any atom is 0.308 e. The van der Waals surface area contributed by atoms with Crippen LogP contribution in [0.15, 0.2) is 18.2 Å². The summed E-state index contributed by atoms with van der Waals surface area (Å²) in [6, 6.07) is 4.04. The molecule has 0 spiro atoms. The largest absolute Gasteiger partial charge is 0.481 e. The Balaban J connectivity index is 2.45. The summed E-state index contributed by atoms with van der Waals surface area (Å²) < 4.78 is 14.9. The number of hydrogen-bond acceptors (Lipinski definition) is 4. The van der Waals surface area contributed by atoms with Crippen molar-refractivity contribution in [3.05, 3.63) is 29.6 Å². The van der Waals surface area contributed by atoms with E-state index in [1.54, 1.807) is 26.8 Å². The van der Waals surface area contributed by atoms with Crippen molar-refractivity contribution in [2.24, 2.45) is 5.92 Å². The van der Waals surface area contributed by atoms with Gasteiger partial charge < -0.3 is 5.11 Å². The molecule has 20 heavy (non-hydrogen) atoms. The Bertz CT molecular complexity index is 621. The topological polar surface area (TPSA) is 80.9 Å². The lowest BCUT2D eigenvalue weighted by molar-refractivity contribution is -0.142. The highest BCUT2D eigenvalue weighted by Crippen LogP contribution is 2.25. The predicted octanol–water partition coefficient (Wildman–Crippen LogP) is 2.07. The molecule has 0 radical (unpaired) electrons. The molecule has 106 valence electrons. The quantitative estimate of drug-likeness (QED) is 0.925. The molecule has 0 bridgehead atoms. The van der Waals surface area contributed by atoms with E-state index in [1.807, 2.05) is 0 Å². The molecule has 0 aliphatic heterocycles. The Morgan fingerprint density at radius 2 is 2.05 bits per heavy atom. The molecule has 1 aromatic carbocycles. The third-order valence-corrected chi connectivity index (χ3v) is 3.29. The number of benzene rings is 1. The molecule has 0 amide bonds. The molecule has 0 saturated carbocycles. The third kappa shape index (κ3) is 2.66. The van der Waals surface area contributed by atoms with Gasteiger partial charge in [0.15, 0.2) is 5.82 Å². The Kier molecular flexibility index (Phi) is 3.78. The highest BCUT2D eigenvalue weighted by atomic mass is 19.1. The van der Waals surface area contributed by atoms with E-state index in [1.165, 1.54) is 16.8 Å². The van der Waals surface area contributed by atoms with Crippen LogP contribution in [0.4, 0.5) is 4.39 Å². The molecular weight excluding hydrogens is 263 g/mol. The van der Waals surface area contributed by atoms with Crippen LogP contribution in [0.3, 0.4) is 0 Å². The molecule has 0 saturated heterocycles. The number of aryl methyl sites for hydroxylation is 1. The Morgan fingerprint density at radius 1 is 1.35 bits per heavy atom. The minimum Gasteiger partial charge on any atom is -0.481 e. The van der Waals surface area contributed by atoms with Crippen molar-refractivity contribution < 1.29 is 14.3 Å². The highest BCUT2D eigenvalue weighted by molar-refractivity contribution is 5.70. The second-order valence-electron chi connectivity index (χ2n) is 4.83. The van der Waals surface area contributed by atoms with E-state index < -0.39 is 17.9 Å². The molecule has 0 fully saturated rings. The molecule has 1 heterocycles. The van der Waals surface area contributed by atoms with Crippen LogP contribution >= 0.6 is 0 Å². The van der Waals surface area contributed by atoms with Gasteiger partial charge in [0.2, 0.25) is 0 Å². The number of hydrogen-bond donors (Lipinski definition) is 1. The van der Waals surface area contributed by atoms with Crippen LogP contribution in [0.1, 0.15) is 25.5 Å². The van der Waals surface area contributed by atoms with E-state index in [0.717, 1.165) is 5.56 Å². The predicted molar refractivity (Wildman–Crippen MR) is 69.5 cm³/mol. The minimum absolute atomic E-state index is 0.355. The normalized spacial score (nSPS) is 14.0. The van der Waals surface area contributed by atoms with E-state index in [-0.39, 0.29) is 5.82 Å². The number of halogens is 1. The highest BCUT2D eigenvalue weighted by Gasteiger charge is 2.25. The van der Waals surface area contributed by atoms with Crippen molar-refractivity contribution in [1.82, 2.24) is 20.2 Å². The minimum atomic E-state index is -0.936. The van der Waals surface area contributed by atoms with Gasteiger partial charge in [0.1, 0.15) is 5.82 Å². The number of carboxylic acid groups (broad SMARTS) is 1. The van der Waals surface area contributed by atoms with Gasteiger partial charge in [-0.05, 0) is 55.0 Å². The first-order valence-corrected chi connectivity index (χ1v) is 6.18. The van der Waals surface area contributed by atoms with Crippen LogP contribution in [0.25, 0.3) is 11.4 Å². The third-order valence-electron chi connectivity index (χ3n) is 3.29. The maximum absolute atomic E-state index is 13.5. The smallest absolute Gasteiger partial charge is 0.308 e. The Morgan fingerprint density at radius 3 is 2.65 bits per heavy atom. The first-order valence-electron chi connectivity index (χ1n) is 6.18. The zero-order valence-electron chi connectivity index (χ0n) is 11.4. The number of tetrazole rings is 1. The number of nitrogens with zero attached hydrogens (tertiary/aromatic N) is 4. The first kappa shape index (κ1) is 14.1. The molecule has 0 aliphatic carbocycles. The van der Waals surface area contributed by atoms with E-state index >= 15 is 0 Å². The SMILES string of the molecule is Cc1cc(F)cc(-c2nnnn2C(C)C(C)C(=O)O)c1. The molecule has 6 nitrogen and oxygen atoms in total. The van der Waals surface area contributed by atoms with Gasteiger partial charge in [-0.25, -0.2) is 9.07 Å². The van der Waals surface area contributed by atoms with Gasteiger partial charge in [-0.15, -0.1) is 5.10 Å². The summed E-state index contributed by atoms with van der Waals surface area (Å²) in [5, 5.41) is 20.3.